The normalized spacial score (nSPS) is 16.1. The molecule has 31 heavy (non-hydrogen) atoms. The first-order valence-corrected chi connectivity index (χ1v) is 10.8. The lowest BCUT2D eigenvalue weighted by Crippen LogP contribution is -2.49. The molecule has 7 nitrogen and oxygen atoms in total. The molecule has 2 amide bonds. The van der Waals surface area contributed by atoms with Crippen molar-refractivity contribution in [1.29, 1.82) is 0 Å². The third kappa shape index (κ3) is 7.08. The van der Waals surface area contributed by atoms with Gasteiger partial charge in [0.2, 0.25) is 5.91 Å². The zero-order valence-corrected chi connectivity index (χ0v) is 17.8. The van der Waals surface area contributed by atoms with Crippen molar-refractivity contribution >= 4 is 12.0 Å². The third-order valence-electron chi connectivity index (χ3n) is 5.30. The van der Waals surface area contributed by atoms with Crippen molar-refractivity contribution in [1.82, 2.24) is 10.2 Å². The van der Waals surface area contributed by atoms with E-state index in [1.165, 1.54) is 5.56 Å². The van der Waals surface area contributed by atoms with Gasteiger partial charge in [0.05, 0.1) is 19.3 Å². The van der Waals surface area contributed by atoms with Gasteiger partial charge in [0.1, 0.15) is 0 Å². The highest BCUT2D eigenvalue weighted by molar-refractivity contribution is 5.92. The van der Waals surface area contributed by atoms with Crippen LogP contribution in [0.1, 0.15) is 46.8 Å². The van der Waals surface area contributed by atoms with Gasteiger partial charge in [-0.2, -0.15) is 0 Å². The number of hydrogen-bond acceptors (Lipinski definition) is 5. The van der Waals surface area contributed by atoms with E-state index in [0.717, 1.165) is 24.8 Å². The van der Waals surface area contributed by atoms with Gasteiger partial charge < -0.3 is 20.5 Å². The summed E-state index contributed by atoms with van der Waals surface area (Å²) < 4.78 is 11.2. The SMILES string of the molecule is NC(=O)c1cccc(C2CNCCN2C(=O)OCCCCCOCc2ccccc2)c1. The van der Waals surface area contributed by atoms with Crippen molar-refractivity contribution in [3.8, 4) is 0 Å². The molecule has 166 valence electrons. The van der Waals surface area contributed by atoms with Crippen LogP contribution >= 0.6 is 0 Å². The minimum atomic E-state index is -0.479. The summed E-state index contributed by atoms with van der Waals surface area (Å²) in [4.78, 5) is 25.9. The Kier molecular flexibility index (Phi) is 8.87. The van der Waals surface area contributed by atoms with Crippen molar-refractivity contribution in [3.05, 3.63) is 71.3 Å². The maximum absolute atomic E-state index is 12.7. The number of amides is 2. The average Bonchev–Trinajstić information content (AvgIpc) is 2.81. The smallest absolute Gasteiger partial charge is 0.410 e. The Balaban J connectivity index is 1.37. The second-order valence-corrected chi connectivity index (χ2v) is 7.62. The van der Waals surface area contributed by atoms with Gasteiger partial charge in [0, 0.05) is 31.8 Å². The Morgan fingerprint density at radius 3 is 2.65 bits per heavy atom. The lowest BCUT2D eigenvalue weighted by Gasteiger charge is -2.35. The van der Waals surface area contributed by atoms with Crippen LogP contribution in [0.15, 0.2) is 54.6 Å². The van der Waals surface area contributed by atoms with Crippen molar-refractivity contribution < 1.29 is 19.1 Å². The van der Waals surface area contributed by atoms with Gasteiger partial charge in [-0.25, -0.2) is 4.79 Å². The molecule has 1 heterocycles. The fourth-order valence-corrected chi connectivity index (χ4v) is 3.61. The van der Waals surface area contributed by atoms with Gasteiger partial charge in [-0.3, -0.25) is 9.69 Å². The predicted octanol–water partition coefficient (Wildman–Crippen LogP) is 3.26. The number of carbonyl (C=O) groups excluding carboxylic acids is 2. The number of nitrogens with zero attached hydrogens (tertiary/aromatic N) is 1. The van der Waals surface area contributed by atoms with E-state index in [1.54, 1.807) is 23.1 Å². The first kappa shape index (κ1) is 22.8. The molecule has 0 spiro atoms. The van der Waals surface area contributed by atoms with Crippen molar-refractivity contribution in [2.75, 3.05) is 32.8 Å². The highest BCUT2D eigenvalue weighted by Gasteiger charge is 2.29. The molecule has 7 heteroatoms. The molecule has 1 fully saturated rings. The number of piperazine rings is 1. The van der Waals surface area contributed by atoms with E-state index in [-0.39, 0.29) is 12.1 Å². The topological polar surface area (TPSA) is 93.9 Å². The van der Waals surface area contributed by atoms with Gasteiger partial charge in [0.15, 0.2) is 0 Å². The summed E-state index contributed by atoms with van der Waals surface area (Å²) in [5, 5.41) is 3.30. The van der Waals surface area contributed by atoms with Crippen molar-refractivity contribution in [2.45, 2.75) is 31.9 Å². The molecular weight excluding hydrogens is 394 g/mol. The number of hydrogen-bond donors (Lipinski definition) is 2. The number of primary amides is 1. The van der Waals surface area contributed by atoms with Gasteiger partial charge in [0.25, 0.3) is 0 Å². The zero-order chi connectivity index (χ0) is 21.9. The van der Waals surface area contributed by atoms with Crippen LogP contribution in [0, 0.1) is 0 Å². The summed E-state index contributed by atoms with van der Waals surface area (Å²) in [6.07, 6.45) is 2.35. The molecule has 0 saturated carbocycles. The number of nitrogens with two attached hydrogens (primary N) is 1. The van der Waals surface area contributed by atoms with Gasteiger partial charge in [-0.1, -0.05) is 42.5 Å². The van der Waals surface area contributed by atoms with Crippen LogP contribution < -0.4 is 11.1 Å². The fraction of sp³-hybridized carbons (Fsp3) is 0.417. The largest absolute Gasteiger partial charge is 0.449 e. The fourth-order valence-electron chi connectivity index (χ4n) is 3.61. The van der Waals surface area contributed by atoms with Gasteiger partial charge >= 0.3 is 6.09 Å². The Hall–Kier alpha value is -2.90. The first-order valence-electron chi connectivity index (χ1n) is 10.8. The average molecular weight is 426 g/mol. The van der Waals surface area contributed by atoms with E-state index in [9.17, 15) is 9.59 Å². The van der Waals surface area contributed by atoms with Gasteiger partial charge in [-0.05, 0) is 42.5 Å². The Labute approximate surface area is 183 Å². The van der Waals surface area contributed by atoms with Crippen molar-refractivity contribution in [2.24, 2.45) is 5.73 Å². The summed E-state index contributed by atoms with van der Waals surface area (Å²) in [5.41, 5.74) is 7.87. The van der Waals surface area contributed by atoms with Crippen LogP contribution in [0.3, 0.4) is 0 Å². The molecule has 1 atom stereocenters. The van der Waals surface area contributed by atoms with Crippen LogP contribution in [-0.4, -0.2) is 49.7 Å². The second kappa shape index (κ2) is 12.1. The van der Waals surface area contributed by atoms with E-state index in [4.69, 9.17) is 15.2 Å². The number of rotatable bonds is 10. The first-order chi connectivity index (χ1) is 15.1. The Bertz CT molecular complexity index is 844. The Morgan fingerprint density at radius 1 is 1.03 bits per heavy atom. The highest BCUT2D eigenvalue weighted by atomic mass is 16.6. The summed E-state index contributed by atoms with van der Waals surface area (Å²) in [7, 11) is 0. The quantitative estimate of drug-likeness (QED) is 0.570. The number of benzene rings is 2. The standard InChI is InChI=1S/C24H31N3O4/c25-23(28)21-11-7-10-20(16-21)22-17-26-12-13-27(22)24(29)31-15-6-2-5-14-30-18-19-8-3-1-4-9-19/h1,3-4,7-11,16,22,26H,2,5-6,12-15,17-18H2,(H2,25,28). The van der Waals surface area contributed by atoms with Crippen LogP contribution in [0.25, 0.3) is 0 Å². The summed E-state index contributed by atoms with van der Waals surface area (Å²) in [6.45, 7) is 3.57. The van der Waals surface area contributed by atoms with E-state index < -0.39 is 5.91 Å². The molecule has 1 aliphatic heterocycles. The summed E-state index contributed by atoms with van der Waals surface area (Å²) >= 11 is 0. The summed E-state index contributed by atoms with van der Waals surface area (Å²) in [6, 6.07) is 17.0. The number of ether oxygens (including phenoxy) is 2. The molecule has 0 bridgehead atoms. The van der Waals surface area contributed by atoms with Crippen LogP contribution in [0.5, 0.6) is 0 Å². The van der Waals surface area contributed by atoms with Crippen LogP contribution in [-0.2, 0) is 16.1 Å². The lowest BCUT2D eigenvalue weighted by molar-refractivity contribution is 0.0744. The third-order valence-corrected chi connectivity index (χ3v) is 5.30. The minimum Gasteiger partial charge on any atom is -0.449 e. The van der Waals surface area contributed by atoms with Gasteiger partial charge in [-0.15, -0.1) is 0 Å². The van der Waals surface area contributed by atoms with E-state index in [1.807, 2.05) is 36.4 Å². The molecule has 3 N–H and O–H groups in total. The highest BCUT2D eigenvalue weighted by Crippen LogP contribution is 2.24. The monoisotopic (exact) mass is 425 g/mol. The molecular formula is C24H31N3O4. The number of carbonyl (C=O) groups is 2. The molecule has 1 saturated heterocycles. The maximum Gasteiger partial charge on any atom is 0.410 e. The molecule has 1 aliphatic rings. The van der Waals surface area contributed by atoms with Crippen LogP contribution in [0.4, 0.5) is 4.79 Å². The van der Waals surface area contributed by atoms with E-state index >= 15 is 0 Å². The van der Waals surface area contributed by atoms with Crippen molar-refractivity contribution in [3.63, 3.8) is 0 Å². The number of nitrogens with one attached hydrogen (secondary N) is 1. The zero-order valence-electron chi connectivity index (χ0n) is 17.8. The molecule has 1 unspecified atom stereocenters. The minimum absolute atomic E-state index is 0.188. The Morgan fingerprint density at radius 2 is 1.84 bits per heavy atom. The molecule has 2 aromatic rings. The second-order valence-electron chi connectivity index (χ2n) is 7.62. The molecule has 2 aromatic carbocycles. The molecule has 0 radical (unpaired) electrons. The maximum atomic E-state index is 12.7. The van der Waals surface area contributed by atoms with E-state index in [2.05, 4.69) is 5.32 Å². The predicted molar refractivity (Wildman–Crippen MR) is 119 cm³/mol. The lowest BCUT2D eigenvalue weighted by atomic mass is 10.0. The van der Waals surface area contributed by atoms with E-state index in [0.29, 0.717) is 45.0 Å². The van der Waals surface area contributed by atoms with Crippen LogP contribution in [0.2, 0.25) is 0 Å². The molecule has 0 aromatic heterocycles. The molecule has 0 aliphatic carbocycles. The molecule has 3 rings (SSSR count). The number of unbranched alkanes of at least 4 members (excludes halogenated alkanes) is 2. The summed E-state index contributed by atoms with van der Waals surface area (Å²) in [5.74, 6) is -0.479.